The minimum Gasteiger partial charge on any atom is -0.505 e. The fraction of sp³-hybridized carbons (Fsp3) is 0.250. The Kier molecular flexibility index (Phi) is 4.00. The van der Waals surface area contributed by atoms with Crippen LogP contribution in [-0.4, -0.2) is 5.11 Å². The van der Waals surface area contributed by atoms with Crippen molar-refractivity contribution in [2.75, 3.05) is 0 Å². The van der Waals surface area contributed by atoms with E-state index in [1.165, 1.54) is 12.1 Å². The van der Waals surface area contributed by atoms with Crippen LogP contribution in [0.4, 0.5) is 4.39 Å². The van der Waals surface area contributed by atoms with Gasteiger partial charge in [0.2, 0.25) is 0 Å². The zero-order valence-corrected chi connectivity index (χ0v) is 7.44. The van der Waals surface area contributed by atoms with Crippen LogP contribution in [0.1, 0.15) is 18.5 Å². The Bertz CT molecular complexity index is 265. The molecular weight excluding hydrogens is 181 g/mol. The Balaban J connectivity index is 0.00000121. The van der Waals surface area contributed by atoms with Crippen molar-refractivity contribution in [1.82, 2.24) is 0 Å². The largest absolute Gasteiger partial charge is 0.505 e. The number of rotatable bonds is 1. The van der Waals surface area contributed by atoms with Gasteiger partial charge in [-0.05, 0) is 24.6 Å². The third-order valence-corrected chi connectivity index (χ3v) is 1.50. The van der Waals surface area contributed by atoms with E-state index in [2.05, 4.69) is 0 Å². The first-order valence-electron chi connectivity index (χ1n) is 3.35. The Morgan fingerprint density at radius 2 is 2.08 bits per heavy atom. The fourth-order valence-electron chi connectivity index (χ4n) is 0.813. The van der Waals surface area contributed by atoms with Crippen LogP contribution in [0.3, 0.4) is 0 Å². The Hall–Kier alpha value is -0.800. The average molecular weight is 192 g/mol. The van der Waals surface area contributed by atoms with Crippen LogP contribution in [0.2, 0.25) is 0 Å². The van der Waals surface area contributed by atoms with E-state index in [0.717, 1.165) is 5.56 Å². The highest BCUT2D eigenvalue weighted by molar-refractivity contribution is 5.85. The lowest BCUT2D eigenvalue weighted by molar-refractivity contribution is 0.431. The van der Waals surface area contributed by atoms with Gasteiger partial charge in [0.25, 0.3) is 0 Å². The van der Waals surface area contributed by atoms with Crippen molar-refractivity contribution in [1.29, 1.82) is 0 Å². The molecule has 68 valence electrons. The molecule has 4 heteroatoms. The van der Waals surface area contributed by atoms with E-state index in [0.29, 0.717) is 0 Å². The summed E-state index contributed by atoms with van der Waals surface area (Å²) in [6.45, 7) is 1.77. The molecule has 0 fully saturated rings. The summed E-state index contributed by atoms with van der Waals surface area (Å²) in [5, 5.41) is 8.92. The van der Waals surface area contributed by atoms with Crippen molar-refractivity contribution in [3.63, 3.8) is 0 Å². The molecule has 0 unspecified atom stereocenters. The summed E-state index contributed by atoms with van der Waals surface area (Å²) in [4.78, 5) is 0. The second kappa shape index (κ2) is 4.28. The summed E-state index contributed by atoms with van der Waals surface area (Å²) in [6, 6.07) is 3.91. The van der Waals surface area contributed by atoms with Crippen LogP contribution >= 0.6 is 12.4 Å². The molecule has 0 aliphatic heterocycles. The highest BCUT2D eigenvalue weighted by Crippen LogP contribution is 2.19. The predicted molar refractivity (Wildman–Crippen MR) is 47.9 cm³/mol. The number of hydrogen-bond donors (Lipinski definition) is 2. The average Bonchev–Trinajstić information content (AvgIpc) is 1.94. The van der Waals surface area contributed by atoms with Crippen LogP contribution in [0.15, 0.2) is 18.2 Å². The van der Waals surface area contributed by atoms with Crippen molar-refractivity contribution >= 4 is 12.4 Å². The lowest BCUT2D eigenvalue weighted by atomic mass is 10.1. The van der Waals surface area contributed by atoms with Gasteiger partial charge in [0.1, 0.15) is 0 Å². The van der Waals surface area contributed by atoms with Gasteiger partial charge in [-0.25, -0.2) is 4.39 Å². The van der Waals surface area contributed by atoms with Crippen LogP contribution in [0.5, 0.6) is 5.75 Å². The smallest absolute Gasteiger partial charge is 0.164 e. The molecule has 0 saturated carbocycles. The Labute approximate surface area is 76.6 Å². The minimum absolute atomic E-state index is 0. The highest BCUT2D eigenvalue weighted by Gasteiger charge is 2.03. The van der Waals surface area contributed by atoms with Crippen molar-refractivity contribution in [2.45, 2.75) is 13.0 Å². The summed E-state index contributed by atoms with van der Waals surface area (Å²) < 4.78 is 12.5. The zero-order chi connectivity index (χ0) is 8.43. The molecule has 3 N–H and O–H groups in total. The number of aromatic hydroxyl groups is 1. The van der Waals surface area contributed by atoms with Gasteiger partial charge in [-0.3, -0.25) is 0 Å². The lowest BCUT2D eigenvalue weighted by Gasteiger charge is -2.05. The second-order valence-electron chi connectivity index (χ2n) is 2.50. The van der Waals surface area contributed by atoms with Crippen molar-refractivity contribution in [2.24, 2.45) is 5.73 Å². The van der Waals surface area contributed by atoms with Crippen LogP contribution in [0, 0.1) is 5.82 Å². The predicted octanol–water partition coefficient (Wildman–Crippen LogP) is 1.97. The molecular formula is C8H11ClFNO. The summed E-state index contributed by atoms with van der Waals surface area (Å²) >= 11 is 0. The first-order chi connectivity index (χ1) is 5.11. The molecule has 0 aliphatic carbocycles. The monoisotopic (exact) mass is 191 g/mol. The van der Waals surface area contributed by atoms with Crippen molar-refractivity contribution in [3.8, 4) is 5.75 Å². The summed E-state index contributed by atoms with van der Waals surface area (Å²) in [5.74, 6) is -0.964. The van der Waals surface area contributed by atoms with E-state index in [4.69, 9.17) is 10.8 Å². The first-order valence-corrected chi connectivity index (χ1v) is 3.35. The molecule has 1 atom stereocenters. The SMILES string of the molecule is C[C@@H](N)c1ccc(F)c(O)c1.Cl. The van der Waals surface area contributed by atoms with Gasteiger partial charge in [-0.2, -0.15) is 0 Å². The molecule has 1 aromatic carbocycles. The molecule has 0 saturated heterocycles. The minimum atomic E-state index is -0.616. The number of hydrogen-bond acceptors (Lipinski definition) is 2. The van der Waals surface area contributed by atoms with E-state index in [1.54, 1.807) is 13.0 Å². The second-order valence-corrected chi connectivity index (χ2v) is 2.50. The molecule has 0 bridgehead atoms. The Morgan fingerprint density at radius 3 is 2.50 bits per heavy atom. The number of benzene rings is 1. The van der Waals surface area contributed by atoms with E-state index >= 15 is 0 Å². The van der Waals surface area contributed by atoms with Crippen LogP contribution in [0.25, 0.3) is 0 Å². The van der Waals surface area contributed by atoms with Gasteiger partial charge < -0.3 is 10.8 Å². The maximum absolute atomic E-state index is 12.5. The lowest BCUT2D eigenvalue weighted by Crippen LogP contribution is -2.04. The normalized spacial score (nSPS) is 11.9. The molecule has 2 nitrogen and oxygen atoms in total. The first kappa shape index (κ1) is 11.2. The van der Waals surface area contributed by atoms with E-state index in [9.17, 15) is 4.39 Å². The van der Waals surface area contributed by atoms with Gasteiger partial charge >= 0.3 is 0 Å². The summed E-state index contributed by atoms with van der Waals surface area (Å²) in [5.41, 5.74) is 6.22. The third-order valence-electron chi connectivity index (χ3n) is 1.50. The van der Waals surface area contributed by atoms with Gasteiger partial charge in [0, 0.05) is 6.04 Å². The summed E-state index contributed by atoms with van der Waals surface area (Å²) in [6.07, 6.45) is 0. The molecule has 0 spiro atoms. The molecule has 0 heterocycles. The van der Waals surface area contributed by atoms with E-state index < -0.39 is 5.82 Å². The van der Waals surface area contributed by atoms with E-state index in [-0.39, 0.29) is 24.2 Å². The van der Waals surface area contributed by atoms with Crippen LogP contribution < -0.4 is 5.73 Å². The van der Waals surface area contributed by atoms with Crippen molar-refractivity contribution < 1.29 is 9.50 Å². The van der Waals surface area contributed by atoms with Crippen LogP contribution in [-0.2, 0) is 0 Å². The summed E-state index contributed by atoms with van der Waals surface area (Å²) in [7, 11) is 0. The number of halogens is 2. The van der Waals surface area contributed by atoms with Gasteiger partial charge in [0.15, 0.2) is 11.6 Å². The highest BCUT2D eigenvalue weighted by atomic mass is 35.5. The molecule has 12 heavy (non-hydrogen) atoms. The molecule has 1 aromatic rings. The number of phenols is 1. The standard InChI is InChI=1S/C8H10FNO.ClH/c1-5(10)6-2-3-7(9)8(11)4-6;/h2-5,11H,10H2,1H3;1H/t5-;/m1./s1. The van der Waals surface area contributed by atoms with Gasteiger partial charge in [0.05, 0.1) is 0 Å². The fourth-order valence-corrected chi connectivity index (χ4v) is 0.813. The quantitative estimate of drug-likeness (QED) is 0.713. The molecule has 0 aromatic heterocycles. The van der Waals surface area contributed by atoms with Gasteiger partial charge in [-0.15, -0.1) is 12.4 Å². The molecule has 0 radical (unpaired) electrons. The Morgan fingerprint density at radius 1 is 1.50 bits per heavy atom. The topological polar surface area (TPSA) is 46.2 Å². The maximum atomic E-state index is 12.5. The van der Waals surface area contributed by atoms with Gasteiger partial charge in [-0.1, -0.05) is 6.07 Å². The van der Waals surface area contributed by atoms with E-state index in [1.807, 2.05) is 0 Å². The molecule has 0 aliphatic rings. The van der Waals surface area contributed by atoms with Crippen molar-refractivity contribution in [3.05, 3.63) is 29.6 Å². The molecule has 0 amide bonds. The number of phenolic OH excluding ortho intramolecular Hbond substituents is 1. The maximum Gasteiger partial charge on any atom is 0.164 e. The number of nitrogens with two attached hydrogens (primary N) is 1. The third kappa shape index (κ3) is 2.36. The zero-order valence-electron chi connectivity index (χ0n) is 6.62. The molecule has 1 rings (SSSR count).